The number of imidazole rings is 1. The first-order valence-electron chi connectivity index (χ1n) is 11.5. The van der Waals surface area contributed by atoms with Gasteiger partial charge in [-0.2, -0.15) is 0 Å². The van der Waals surface area contributed by atoms with Gasteiger partial charge in [0.1, 0.15) is 6.67 Å². The van der Waals surface area contributed by atoms with E-state index in [1.165, 1.54) is 0 Å². The summed E-state index contributed by atoms with van der Waals surface area (Å²) in [5.74, 6) is -0.292. The minimum absolute atomic E-state index is 0.171. The van der Waals surface area contributed by atoms with Gasteiger partial charge in [-0.15, -0.1) is 0 Å². The molecule has 33 heavy (non-hydrogen) atoms. The highest BCUT2D eigenvalue weighted by Gasteiger charge is 2.21. The standard InChI is InChI=1S/C27H33FN2O3/c1-18(2)9-14-24-25(15-28)29(16-19(3)4)27(33)30(24)17-20-10-12-21(13-11-20)22-7-5-6-8-23(22)26(31)32/h5-8,10-13,18-19H,9,14-17H2,1-4H3,(H,31,32). The van der Waals surface area contributed by atoms with Crippen molar-refractivity contribution in [2.45, 2.75) is 60.3 Å². The quantitative estimate of drug-likeness (QED) is 0.424. The molecule has 0 aliphatic carbocycles. The highest BCUT2D eigenvalue weighted by atomic mass is 19.1. The number of carboxylic acid groups (broad SMARTS) is 1. The number of hydrogen-bond donors (Lipinski definition) is 1. The Morgan fingerprint density at radius 2 is 1.61 bits per heavy atom. The summed E-state index contributed by atoms with van der Waals surface area (Å²) >= 11 is 0. The molecular weight excluding hydrogens is 419 g/mol. The van der Waals surface area contributed by atoms with E-state index >= 15 is 0 Å². The average Bonchev–Trinajstić information content (AvgIpc) is 3.02. The molecule has 3 aromatic rings. The van der Waals surface area contributed by atoms with E-state index in [4.69, 9.17) is 0 Å². The summed E-state index contributed by atoms with van der Waals surface area (Å²) in [5.41, 5.74) is 3.69. The predicted molar refractivity (Wildman–Crippen MR) is 129 cm³/mol. The molecule has 1 aromatic heterocycles. The molecule has 0 unspecified atom stereocenters. The summed E-state index contributed by atoms with van der Waals surface area (Å²) < 4.78 is 17.4. The molecule has 0 radical (unpaired) electrons. The van der Waals surface area contributed by atoms with Gasteiger partial charge in [0.05, 0.1) is 17.8 Å². The normalized spacial score (nSPS) is 11.5. The molecule has 0 aliphatic rings. The van der Waals surface area contributed by atoms with E-state index in [0.717, 1.165) is 23.2 Å². The van der Waals surface area contributed by atoms with E-state index in [1.807, 2.05) is 44.2 Å². The molecule has 5 nitrogen and oxygen atoms in total. The Bertz CT molecular complexity index is 1160. The first kappa shape index (κ1) is 24.5. The van der Waals surface area contributed by atoms with Gasteiger partial charge in [-0.05, 0) is 47.4 Å². The number of hydrogen-bond acceptors (Lipinski definition) is 2. The first-order valence-corrected chi connectivity index (χ1v) is 11.5. The van der Waals surface area contributed by atoms with Crippen LogP contribution in [-0.2, 0) is 26.2 Å². The van der Waals surface area contributed by atoms with Crippen molar-refractivity contribution in [3.05, 3.63) is 81.5 Å². The fraction of sp³-hybridized carbons (Fsp3) is 0.407. The Kier molecular flexibility index (Phi) is 7.90. The van der Waals surface area contributed by atoms with Crippen molar-refractivity contribution >= 4 is 5.97 Å². The lowest BCUT2D eigenvalue weighted by molar-refractivity contribution is 0.0697. The third-order valence-electron chi connectivity index (χ3n) is 5.84. The van der Waals surface area contributed by atoms with Crippen LogP contribution < -0.4 is 5.69 Å². The number of benzene rings is 2. The van der Waals surface area contributed by atoms with Gasteiger partial charge in [-0.25, -0.2) is 14.0 Å². The lowest BCUT2D eigenvalue weighted by Gasteiger charge is -2.12. The second-order valence-corrected chi connectivity index (χ2v) is 9.38. The predicted octanol–water partition coefficient (Wildman–Crippen LogP) is 5.78. The van der Waals surface area contributed by atoms with E-state index in [1.54, 1.807) is 27.3 Å². The van der Waals surface area contributed by atoms with E-state index in [-0.39, 0.29) is 17.2 Å². The molecule has 6 heteroatoms. The van der Waals surface area contributed by atoms with Gasteiger partial charge in [-0.3, -0.25) is 9.13 Å². The zero-order valence-electron chi connectivity index (χ0n) is 19.8. The average molecular weight is 453 g/mol. The zero-order chi connectivity index (χ0) is 24.1. The number of nitrogens with zero attached hydrogens (tertiary/aromatic N) is 2. The van der Waals surface area contributed by atoms with Crippen LogP contribution in [0.2, 0.25) is 0 Å². The zero-order valence-corrected chi connectivity index (χ0v) is 19.8. The molecule has 0 saturated carbocycles. The molecule has 1 N–H and O–H groups in total. The van der Waals surface area contributed by atoms with Crippen molar-refractivity contribution in [3.63, 3.8) is 0 Å². The van der Waals surface area contributed by atoms with Crippen LogP contribution in [0.1, 0.15) is 61.4 Å². The Hall–Kier alpha value is -3.15. The highest BCUT2D eigenvalue weighted by Crippen LogP contribution is 2.25. The highest BCUT2D eigenvalue weighted by molar-refractivity contribution is 5.95. The molecule has 2 aromatic carbocycles. The van der Waals surface area contributed by atoms with Crippen molar-refractivity contribution < 1.29 is 14.3 Å². The van der Waals surface area contributed by atoms with Gasteiger partial charge >= 0.3 is 11.7 Å². The van der Waals surface area contributed by atoms with E-state index in [9.17, 15) is 19.1 Å². The summed E-state index contributed by atoms with van der Waals surface area (Å²) in [6.07, 6.45) is 1.53. The van der Waals surface area contributed by atoms with Gasteiger partial charge in [0, 0.05) is 12.2 Å². The molecule has 0 fully saturated rings. The Morgan fingerprint density at radius 1 is 0.939 bits per heavy atom. The molecule has 176 valence electrons. The lowest BCUT2D eigenvalue weighted by atomic mass is 9.98. The Balaban J connectivity index is 1.98. The number of alkyl halides is 1. The SMILES string of the molecule is CC(C)CCc1c(CF)n(CC(C)C)c(=O)n1Cc1ccc(-c2ccccc2C(=O)O)cc1. The van der Waals surface area contributed by atoms with Crippen molar-refractivity contribution in [2.75, 3.05) is 0 Å². The number of carboxylic acids is 1. The van der Waals surface area contributed by atoms with Crippen LogP contribution in [0.15, 0.2) is 53.3 Å². The van der Waals surface area contributed by atoms with Crippen LogP contribution in [0.25, 0.3) is 11.1 Å². The molecule has 1 heterocycles. The van der Waals surface area contributed by atoms with Crippen molar-refractivity contribution in [3.8, 4) is 11.1 Å². The first-order chi connectivity index (χ1) is 15.7. The van der Waals surface area contributed by atoms with E-state index in [0.29, 0.717) is 36.7 Å². The molecule has 0 saturated heterocycles. The van der Waals surface area contributed by atoms with Crippen molar-refractivity contribution in [1.29, 1.82) is 0 Å². The molecular formula is C27H33FN2O3. The van der Waals surface area contributed by atoms with Gasteiger partial charge in [0.15, 0.2) is 0 Å². The van der Waals surface area contributed by atoms with Crippen LogP contribution in [-0.4, -0.2) is 20.2 Å². The molecule has 3 rings (SSSR count). The van der Waals surface area contributed by atoms with E-state index in [2.05, 4.69) is 13.8 Å². The summed E-state index contributed by atoms with van der Waals surface area (Å²) in [7, 11) is 0. The minimum Gasteiger partial charge on any atom is -0.478 e. The summed E-state index contributed by atoms with van der Waals surface area (Å²) in [5, 5.41) is 9.47. The second-order valence-electron chi connectivity index (χ2n) is 9.38. The third kappa shape index (κ3) is 5.62. The van der Waals surface area contributed by atoms with Crippen molar-refractivity contribution in [1.82, 2.24) is 9.13 Å². The van der Waals surface area contributed by atoms with Crippen LogP contribution in [0.5, 0.6) is 0 Å². The number of rotatable bonds is 10. The fourth-order valence-electron chi connectivity index (χ4n) is 4.15. The number of halogens is 1. The second kappa shape index (κ2) is 10.6. The van der Waals surface area contributed by atoms with Crippen LogP contribution in [0.3, 0.4) is 0 Å². The van der Waals surface area contributed by atoms with Gasteiger partial charge in [0.2, 0.25) is 0 Å². The third-order valence-corrected chi connectivity index (χ3v) is 5.84. The summed E-state index contributed by atoms with van der Waals surface area (Å²) in [6, 6.07) is 14.4. The summed E-state index contributed by atoms with van der Waals surface area (Å²) in [4.78, 5) is 24.8. The number of aromatic carboxylic acids is 1. The topological polar surface area (TPSA) is 64.2 Å². The smallest absolute Gasteiger partial charge is 0.336 e. The van der Waals surface area contributed by atoms with Crippen LogP contribution >= 0.6 is 0 Å². The maximum Gasteiger partial charge on any atom is 0.336 e. The van der Waals surface area contributed by atoms with Crippen molar-refractivity contribution in [2.24, 2.45) is 11.8 Å². The van der Waals surface area contributed by atoms with E-state index < -0.39 is 12.6 Å². The largest absolute Gasteiger partial charge is 0.478 e. The lowest BCUT2D eigenvalue weighted by Crippen LogP contribution is -2.27. The molecule has 0 aliphatic heterocycles. The molecule has 0 atom stereocenters. The Morgan fingerprint density at radius 3 is 2.18 bits per heavy atom. The van der Waals surface area contributed by atoms with Gasteiger partial charge in [-0.1, -0.05) is 70.2 Å². The maximum atomic E-state index is 14.1. The molecule has 0 spiro atoms. The molecule has 0 bridgehead atoms. The number of aromatic nitrogens is 2. The van der Waals surface area contributed by atoms with Gasteiger partial charge < -0.3 is 5.11 Å². The molecule has 0 amide bonds. The van der Waals surface area contributed by atoms with Crippen LogP contribution in [0, 0.1) is 11.8 Å². The number of carbonyl (C=O) groups is 1. The fourth-order valence-corrected chi connectivity index (χ4v) is 4.15. The Labute approximate surface area is 194 Å². The van der Waals surface area contributed by atoms with Crippen LogP contribution in [0.4, 0.5) is 4.39 Å². The maximum absolute atomic E-state index is 14.1. The van der Waals surface area contributed by atoms with Gasteiger partial charge in [0.25, 0.3) is 0 Å². The minimum atomic E-state index is -0.971. The summed E-state index contributed by atoms with van der Waals surface area (Å²) in [6.45, 7) is 8.47. The monoisotopic (exact) mass is 452 g/mol.